The van der Waals surface area contributed by atoms with Gasteiger partial charge in [-0.3, -0.25) is 9.69 Å². The van der Waals surface area contributed by atoms with Gasteiger partial charge in [0.15, 0.2) is 0 Å². The van der Waals surface area contributed by atoms with E-state index in [-0.39, 0.29) is 18.1 Å². The number of nitrogens with one attached hydrogen (secondary N) is 1. The van der Waals surface area contributed by atoms with Crippen molar-refractivity contribution >= 4 is 5.91 Å². The molecule has 0 saturated carbocycles. The van der Waals surface area contributed by atoms with Crippen LogP contribution >= 0.6 is 0 Å². The van der Waals surface area contributed by atoms with Crippen molar-refractivity contribution in [3.63, 3.8) is 0 Å². The lowest BCUT2D eigenvalue weighted by Crippen LogP contribution is -2.39. The van der Waals surface area contributed by atoms with Crippen LogP contribution in [0.5, 0.6) is 0 Å². The van der Waals surface area contributed by atoms with Crippen molar-refractivity contribution in [2.75, 3.05) is 13.7 Å². The summed E-state index contributed by atoms with van der Waals surface area (Å²) in [5, 5.41) is 0. The average molecular weight is 223 g/mol. The number of carbonyl (C=O) groups excluding carboxylic acids is 1. The van der Waals surface area contributed by atoms with Crippen LogP contribution in [0.2, 0.25) is 0 Å². The van der Waals surface area contributed by atoms with Crippen LogP contribution in [-0.2, 0) is 16.1 Å². The van der Waals surface area contributed by atoms with Crippen LogP contribution in [0, 0.1) is 0 Å². The van der Waals surface area contributed by atoms with Gasteiger partial charge in [0, 0.05) is 32.6 Å². The number of H-pyrrole nitrogens is 1. The number of ether oxygens (including phenoxy) is 1. The molecule has 0 unspecified atom stereocenters. The van der Waals surface area contributed by atoms with Crippen LogP contribution < -0.4 is 5.73 Å². The molecular formula is C11H17N3O2. The van der Waals surface area contributed by atoms with Crippen molar-refractivity contribution in [1.29, 1.82) is 0 Å². The number of primary amides is 1. The first-order valence-corrected chi connectivity index (χ1v) is 5.38. The largest absolute Gasteiger partial charge is 0.380 e. The molecule has 2 atom stereocenters. The molecule has 1 saturated heterocycles. The number of nitrogens with zero attached hydrogens (tertiary/aromatic N) is 1. The number of carbonyl (C=O) groups is 1. The molecule has 1 aromatic rings. The highest BCUT2D eigenvalue weighted by Gasteiger charge is 2.35. The number of amides is 1. The SMILES string of the molecule is CO[C@H]1C[C@@H](C(N)=O)N(Cc2cc[nH]c2)C1. The molecule has 1 aromatic heterocycles. The Labute approximate surface area is 94.6 Å². The maximum Gasteiger partial charge on any atom is 0.234 e. The van der Waals surface area contributed by atoms with E-state index >= 15 is 0 Å². The lowest BCUT2D eigenvalue weighted by molar-refractivity contribution is -0.122. The summed E-state index contributed by atoms with van der Waals surface area (Å²) in [7, 11) is 1.67. The summed E-state index contributed by atoms with van der Waals surface area (Å²) >= 11 is 0. The van der Waals surface area contributed by atoms with Crippen molar-refractivity contribution in [2.45, 2.75) is 25.1 Å². The normalized spacial score (nSPS) is 26.1. The van der Waals surface area contributed by atoms with Crippen LogP contribution in [0.25, 0.3) is 0 Å². The van der Waals surface area contributed by atoms with Gasteiger partial charge < -0.3 is 15.5 Å². The number of methoxy groups -OCH3 is 1. The number of likely N-dealkylation sites (tertiary alicyclic amines) is 1. The van der Waals surface area contributed by atoms with Gasteiger partial charge in [0.25, 0.3) is 0 Å². The van der Waals surface area contributed by atoms with E-state index in [0.29, 0.717) is 6.42 Å². The molecule has 0 spiro atoms. The molecule has 88 valence electrons. The highest BCUT2D eigenvalue weighted by atomic mass is 16.5. The number of rotatable bonds is 4. The fraction of sp³-hybridized carbons (Fsp3) is 0.545. The number of nitrogens with two attached hydrogens (primary N) is 1. The van der Waals surface area contributed by atoms with Crippen molar-refractivity contribution in [3.05, 3.63) is 24.0 Å². The fourth-order valence-corrected chi connectivity index (χ4v) is 2.19. The number of aromatic amines is 1. The van der Waals surface area contributed by atoms with Crippen molar-refractivity contribution in [1.82, 2.24) is 9.88 Å². The monoisotopic (exact) mass is 223 g/mol. The van der Waals surface area contributed by atoms with E-state index in [1.54, 1.807) is 7.11 Å². The van der Waals surface area contributed by atoms with E-state index in [4.69, 9.17) is 10.5 Å². The minimum atomic E-state index is -0.268. The van der Waals surface area contributed by atoms with Crippen LogP contribution in [0.4, 0.5) is 0 Å². The highest BCUT2D eigenvalue weighted by molar-refractivity contribution is 5.80. The molecule has 1 fully saturated rings. The summed E-state index contributed by atoms with van der Waals surface area (Å²) in [6, 6.07) is 1.79. The molecule has 3 N–H and O–H groups in total. The summed E-state index contributed by atoms with van der Waals surface area (Å²) in [5.41, 5.74) is 6.55. The van der Waals surface area contributed by atoms with Gasteiger partial charge >= 0.3 is 0 Å². The molecule has 0 radical (unpaired) electrons. The number of hydrogen-bond donors (Lipinski definition) is 2. The maximum atomic E-state index is 11.3. The molecule has 0 aromatic carbocycles. The molecule has 1 amide bonds. The van der Waals surface area contributed by atoms with Crippen LogP contribution in [0.3, 0.4) is 0 Å². The lowest BCUT2D eigenvalue weighted by atomic mass is 10.2. The third-order valence-corrected chi connectivity index (χ3v) is 3.07. The average Bonchev–Trinajstić information content (AvgIpc) is 2.87. The second-order valence-corrected chi connectivity index (χ2v) is 4.16. The maximum absolute atomic E-state index is 11.3. The number of hydrogen-bond acceptors (Lipinski definition) is 3. The predicted octanol–water partition coefficient (Wildman–Crippen LogP) is 0.0893. The lowest BCUT2D eigenvalue weighted by Gasteiger charge is -2.20. The zero-order chi connectivity index (χ0) is 11.5. The van der Waals surface area contributed by atoms with Crippen LogP contribution in [0.1, 0.15) is 12.0 Å². The van der Waals surface area contributed by atoms with E-state index in [0.717, 1.165) is 18.7 Å². The van der Waals surface area contributed by atoms with Gasteiger partial charge in [-0.15, -0.1) is 0 Å². The zero-order valence-corrected chi connectivity index (χ0v) is 9.35. The van der Waals surface area contributed by atoms with E-state index in [1.165, 1.54) is 0 Å². The van der Waals surface area contributed by atoms with E-state index < -0.39 is 0 Å². The molecule has 2 rings (SSSR count). The van der Waals surface area contributed by atoms with Crippen LogP contribution in [0.15, 0.2) is 18.5 Å². The van der Waals surface area contributed by atoms with E-state index in [2.05, 4.69) is 9.88 Å². The van der Waals surface area contributed by atoms with Crippen molar-refractivity contribution < 1.29 is 9.53 Å². The molecule has 0 aliphatic carbocycles. The third kappa shape index (κ3) is 2.25. The standard InChI is InChI=1S/C11H17N3O2/c1-16-9-4-10(11(12)15)14(7-9)6-8-2-3-13-5-8/h2-3,5,9-10,13H,4,6-7H2,1H3,(H2,12,15)/t9-,10-/m0/s1. The van der Waals surface area contributed by atoms with E-state index in [1.807, 2.05) is 18.5 Å². The minimum Gasteiger partial charge on any atom is -0.380 e. The Kier molecular flexibility index (Phi) is 3.26. The molecule has 1 aliphatic heterocycles. The van der Waals surface area contributed by atoms with Gasteiger partial charge in [-0.25, -0.2) is 0 Å². The summed E-state index contributed by atoms with van der Waals surface area (Å²) < 4.78 is 5.28. The Hall–Kier alpha value is -1.33. The van der Waals surface area contributed by atoms with Gasteiger partial charge in [0.05, 0.1) is 12.1 Å². The Morgan fingerprint density at radius 3 is 3.12 bits per heavy atom. The van der Waals surface area contributed by atoms with Gasteiger partial charge in [-0.1, -0.05) is 0 Å². The molecule has 16 heavy (non-hydrogen) atoms. The zero-order valence-electron chi connectivity index (χ0n) is 9.35. The Morgan fingerprint density at radius 1 is 1.75 bits per heavy atom. The van der Waals surface area contributed by atoms with E-state index in [9.17, 15) is 4.79 Å². The second-order valence-electron chi connectivity index (χ2n) is 4.16. The predicted molar refractivity (Wildman–Crippen MR) is 59.6 cm³/mol. The Bertz CT molecular complexity index is 350. The number of aromatic nitrogens is 1. The Morgan fingerprint density at radius 2 is 2.56 bits per heavy atom. The van der Waals surface area contributed by atoms with Gasteiger partial charge in [-0.2, -0.15) is 0 Å². The summed E-state index contributed by atoms with van der Waals surface area (Å²) in [6.07, 6.45) is 4.60. The second kappa shape index (κ2) is 4.67. The first-order valence-electron chi connectivity index (χ1n) is 5.38. The van der Waals surface area contributed by atoms with Gasteiger partial charge in [0.1, 0.15) is 0 Å². The Balaban J connectivity index is 2.04. The first-order chi connectivity index (χ1) is 7.70. The molecule has 0 bridgehead atoms. The third-order valence-electron chi connectivity index (χ3n) is 3.07. The topological polar surface area (TPSA) is 71.3 Å². The molecular weight excluding hydrogens is 206 g/mol. The highest BCUT2D eigenvalue weighted by Crippen LogP contribution is 2.21. The summed E-state index contributed by atoms with van der Waals surface area (Å²) in [4.78, 5) is 16.4. The first kappa shape index (κ1) is 11.2. The quantitative estimate of drug-likeness (QED) is 0.760. The minimum absolute atomic E-state index is 0.108. The molecule has 5 heteroatoms. The van der Waals surface area contributed by atoms with Crippen LogP contribution in [-0.4, -0.2) is 41.6 Å². The van der Waals surface area contributed by atoms with Crippen molar-refractivity contribution in [3.8, 4) is 0 Å². The fourth-order valence-electron chi connectivity index (χ4n) is 2.19. The van der Waals surface area contributed by atoms with Gasteiger partial charge in [0.2, 0.25) is 5.91 Å². The summed E-state index contributed by atoms with van der Waals surface area (Å²) in [5.74, 6) is -0.268. The molecule has 1 aliphatic rings. The smallest absolute Gasteiger partial charge is 0.234 e. The molecule has 5 nitrogen and oxygen atoms in total. The molecule has 2 heterocycles. The summed E-state index contributed by atoms with van der Waals surface area (Å²) in [6.45, 7) is 1.49. The van der Waals surface area contributed by atoms with Gasteiger partial charge in [-0.05, 0) is 18.1 Å². The van der Waals surface area contributed by atoms with Crippen molar-refractivity contribution in [2.24, 2.45) is 5.73 Å².